The van der Waals surface area contributed by atoms with E-state index in [2.05, 4.69) is 0 Å². The van der Waals surface area contributed by atoms with E-state index < -0.39 is 34.8 Å². The van der Waals surface area contributed by atoms with E-state index in [4.69, 9.17) is 4.74 Å². The number of alkyl halides is 3. The lowest BCUT2D eigenvalue weighted by Gasteiger charge is -2.48. The second-order valence-corrected chi connectivity index (χ2v) is 8.96. The van der Waals surface area contributed by atoms with Crippen molar-refractivity contribution < 1.29 is 31.5 Å². The molecule has 2 aromatic rings. The van der Waals surface area contributed by atoms with Gasteiger partial charge in [-0.25, -0.2) is 8.78 Å². The Hall–Kier alpha value is -2.33. The Kier molecular flexibility index (Phi) is 7.28. The Bertz CT molecular complexity index is 1020. The van der Waals surface area contributed by atoms with Crippen LogP contribution < -0.4 is 4.74 Å². The van der Waals surface area contributed by atoms with E-state index in [9.17, 15) is 26.7 Å². The van der Waals surface area contributed by atoms with E-state index in [1.165, 1.54) is 19.1 Å². The first-order valence-electron chi connectivity index (χ1n) is 10.2. The number of rotatable bonds is 5. The quantitative estimate of drug-likeness (QED) is 0.417. The number of hydrogen-bond acceptors (Lipinski definition) is 4. The third kappa shape index (κ3) is 4.82. The lowest BCUT2D eigenvalue weighted by Crippen LogP contribution is -2.56. The van der Waals surface area contributed by atoms with Gasteiger partial charge in [0.05, 0.1) is 23.8 Å². The molecular formula is C23H25F5N2O2S. The monoisotopic (exact) mass is 488 g/mol. The number of hydrogen-bond donors (Lipinski definition) is 0. The van der Waals surface area contributed by atoms with E-state index >= 15 is 0 Å². The summed E-state index contributed by atoms with van der Waals surface area (Å²) in [5.41, 5.74) is -2.18. The van der Waals surface area contributed by atoms with E-state index in [1.54, 1.807) is 6.26 Å². The molecule has 180 valence electrons. The fourth-order valence-electron chi connectivity index (χ4n) is 4.42. The summed E-state index contributed by atoms with van der Waals surface area (Å²) in [5, 5.41) is 0. The van der Waals surface area contributed by atoms with Gasteiger partial charge in [-0.3, -0.25) is 4.79 Å². The topological polar surface area (TPSA) is 32.8 Å². The van der Waals surface area contributed by atoms with Crippen LogP contribution in [0.25, 0.3) is 0 Å². The van der Waals surface area contributed by atoms with Crippen LogP contribution in [0.5, 0.6) is 5.75 Å². The fraction of sp³-hybridized carbons (Fsp3) is 0.435. The van der Waals surface area contributed by atoms with Gasteiger partial charge in [0.2, 0.25) is 0 Å². The van der Waals surface area contributed by atoms with Crippen molar-refractivity contribution in [2.45, 2.75) is 29.5 Å². The smallest absolute Gasteiger partial charge is 0.416 e. The molecule has 0 aromatic heterocycles. The molecule has 4 nitrogen and oxygen atoms in total. The van der Waals surface area contributed by atoms with Crippen molar-refractivity contribution in [3.63, 3.8) is 0 Å². The third-order valence-corrected chi connectivity index (χ3v) is 6.85. The maximum Gasteiger partial charge on any atom is 0.416 e. The Morgan fingerprint density at radius 1 is 1.21 bits per heavy atom. The molecule has 33 heavy (non-hydrogen) atoms. The zero-order valence-electron chi connectivity index (χ0n) is 18.7. The lowest BCUT2D eigenvalue weighted by atomic mass is 9.80. The Morgan fingerprint density at radius 2 is 1.91 bits per heavy atom. The molecule has 0 N–H and O–H groups in total. The van der Waals surface area contributed by atoms with Gasteiger partial charge < -0.3 is 14.5 Å². The third-order valence-electron chi connectivity index (χ3n) is 6.09. The molecule has 0 spiro atoms. The Balaban J connectivity index is 2.18. The number of nitrogens with zero attached hydrogens (tertiary/aromatic N) is 2. The number of benzene rings is 2. The van der Waals surface area contributed by atoms with Crippen LogP contribution in [0.1, 0.15) is 34.3 Å². The standard InChI is InChI=1S/C23H25F5N2O2S/c1-29-9-5-8-22(13-29,16-12-15(24)6-7-17(16)25)30(2)21(31)20-18(32-3)10-14(23(26,27)28)11-19(20)33-4/h6-7,10-12H,5,8-9,13H2,1-4H3. The van der Waals surface area contributed by atoms with E-state index in [0.717, 1.165) is 42.1 Å². The summed E-state index contributed by atoms with van der Waals surface area (Å²) in [5.74, 6) is -2.17. The van der Waals surface area contributed by atoms with Crippen LogP contribution in [0, 0.1) is 11.6 Å². The first-order chi connectivity index (χ1) is 15.4. The van der Waals surface area contributed by atoms with Crippen molar-refractivity contribution in [3.05, 3.63) is 58.7 Å². The molecule has 0 radical (unpaired) electrons. The number of thioether (sulfide) groups is 1. The SMILES string of the molecule is COc1cc(C(F)(F)F)cc(SC)c1C(=O)N(C)C1(c2cc(F)ccc2F)CCCN(C)C1. The van der Waals surface area contributed by atoms with E-state index in [-0.39, 0.29) is 28.3 Å². The van der Waals surface area contributed by atoms with Crippen LogP contribution in [0.15, 0.2) is 35.2 Å². The van der Waals surface area contributed by atoms with Crippen molar-refractivity contribution in [3.8, 4) is 5.75 Å². The molecule has 0 aliphatic carbocycles. The van der Waals surface area contributed by atoms with Crippen molar-refractivity contribution in [2.24, 2.45) is 0 Å². The van der Waals surface area contributed by atoms with Crippen molar-refractivity contribution in [2.75, 3.05) is 40.6 Å². The van der Waals surface area contributed by atoms with Crippen LogP contribution in [0.4, 0.5) is 22.0 Å². The molecule has 1 amide bonds. The predicted octanol–water partition coefficient (Wildman–Crippen LogP) is 5.41. The van der Waals surface area contributed by atoms with Gasteiger partial charge in [0.25, 0.3) is 5.91 Å². The molecule has 2 aromatic carbocycles. The van der Waals surface area contributed by atoms with E-state index in [1.807, 2.05) is 11.9 Å². The molecule has 1 saturated heterocycles. The van der Waals surface area contributed by atoms with Gasteiger partial charge in [0, 0.05) is 24.1 Å². The highest BCUT2D eigenvalue weighted by molar-refractivity contribution is 7.98. The van der Waals surface area contributed by atoms with E-state index in [0.29, 0.717) is 19.4 Å². The van der Waals surface area contributed by atoms with Crippen LogP contribution in [0.3, 0.4) is 0 Å². The van der Waals surface area contributed by atoms with Crippen LogP contribution in [-0.2, 0) is 11.7 Å². The summed E-state index contributed by atoms with van der Waals surface area (Å²) in [6.07, 6.45) is -2.09. The Labute approximate surface area is 193 Å². The number of halogens is 5. The number of carbonyl (C=O) groups is 1. The van der Waals surface area contributed by atoms with Crippen molar-refractivity contribution >= 4 is 17.7 Å². The minimum Gasteiger partial charge on any atom is -0.496 e. The molecule has 10 heteroatoms. The molecule has 0 saturated carbocycles. The van der Waals surface area contributed by atoms with Gasteiger partial charge in [-0.2, -0.15) is 13.2 Å². The van der Waals surface area contributed by atoms with Crippen LogP contribution >= 0.6 is 11.8 Å². The highest BCUT2D eigenvalue weighted by Crippen LogP contribution is 2.42. The second kappa shape index (κ2) is 9.50. The van der Waals surface area contributed by atoms with Crippen molar-refractivity contribution in [1.29, 1.82) is 0 Å². The van der Waals surface area contributed by atoms with Crippen LogP contribution in [0.2, 0.25) is 0 Å². The summed E-state index contributed by atoms with van der Waals surface area (Å²) >= 11 is 0.977. The average Bonchev–Trinajstić information content (AvgIpc) is 2.77. The lowest BCUT2D eigenvalue weighted by molar-refractivity contribution is -0.137. The first kappa shape index (κ1) is 25.3. The van der Waals surface area contributed by atoms with Crippen LogP contribution in [-0.4, -0.2) is 56.3 Å². The predicted molar refractivity (Wildman–Crippen MR) is 117 cm³/mol. The van der Waals surface area contributed by atoms with Gasteiger partial charge in [0.1, 0.15) is 17.4 Å². The Morgan fingerprint density at radius 3 is 2.48 bits per heavy atom. The summed E-state index contributed by atoms with van der Waals surface area (Å²) in [6.45, 7) is 0.938. The normalized spacial score (nSPS) is 19.4. The maximum absolute atomic E-state index is 15.0. The number of piperidine rings is 1. The number of methoxy groups -OCH3 is 1. The van der Waals surface area contributed by atoms with Gasteiger partial charge in [-0.15, -0.1) is 11.8 Å². The summed E-state index contributed by atoms with van der Waals surface area (Å²) in [7, 11) is 4.47. The van der Waals surface area contributed by atoms with Gasteiger partial charge >= 0.3 is 6.18 Å². The second-order valence-electron chi connectivity index (χ2n) is 8.11. The maximum atomic E-state index is 15.0. The molecule has 1 unspecified atom stereocenters. The highest BCUT2D eigenvalue weighted by atomic mass is 32.2. The molecule has 1 fully saturated rings. The molecule has 1 aliphatic heterocycles. The molecule has 1 atom stereocenters. The molecule has 1 heterocycles. The summed E-state index contributed by atoms with van der Waals surface area (Å²) < 4.78 is 74.4. The zero-order chi connectivity index (χ0) is 24.6. The molecule has 1 aliphatic rings. The number of amides is 1. The van der Waals surface area contributed by atoms with Crippen molar-refractivity contribution in [1.82, 2.24) is 9.80 Å². The molecular weight excluding hydrogens is 463 g/mol. The van der Waals surface area contributed by atoms with Gasteiger partial charge in [0.15, 0.2) is 0 Å². The van der Waals surface area contributed by atoms with Gasteiger partial charge in [-0.05, 0) is 63.0 Å². The zero-order valence-corrected chi connectivity index (χ0v) is 19.5. The number of likely N-dealkylation sites (N-methyl/N-ethyl adjacent to an activating group) is 2. The van der Waals surface area contributed by atoms with Gasteiger partial charge in [-0.1, -0.05) is 0 Å². The number of ether oxygens (including phenoxy) is 1. The minimum atomic E-state index is -4.62. The largest absolute Gasteiger partial charge is 0.496 e. The molecule has 0 bridgehead atoms. The fourth-order valence-corrected chi connectivity index (χ4v) is 5.06. The summed E-state index contributed by atoms with van der Waals surface area (Å²) in [4.78, 5) is 17.1. The molecule has 3 rings (SSSR count). The first-order valence-corrected chi connectivity index (χ1v) is 11.4. The highest BCUT2D eigenvalue weighted by Gasteiger charge is 2.45. The number of carbonyl (C=O) groups excluding carboxylic acids is 1. The number of likely N-dealkylation sites (tertiary alicyclic amines) is 1. The minimum absolute atomic E-state index is 0.0291. The average molecular weight is 489 g/mol. The summed E-state index contributed by atoms with van der Waals surface area (Å²) in [6, 6.07) is 4.79.